The van der Waals surface area contributed by atoms with E-state index >= 15 is 0 Å². The van der Waals surface area contributed by atoms with Crippen LogP contribution in [-0.4, -0.2) is 24.3 Å². The molecule has 0 atom stereocenters. The van der Waals surface area contributed by atoms with Crippen LogP contribution < -0.4 is 10.1 Å². The fourth-order valence-corrected chi connectivity index (χ4v) is 5.11. The molecule has 0 unspecified atom stereocenters. The van der Waals surface area contributed by atoms with E-state index in [0.29, 0.717) is 21.9 Å². The minimum Gasteiger partial charge on any atom is -0.504 e. The molecular weight excluding hydrogens is 408 g/mol. The summed E-state index contributed by atoms with van der Waals surface area (Å²) in [6.07, 6.45) is 8.10. The number of aliphatic imine (C=N–C) groups is 1. The fourth-order valence-electron chi connectivity index (χ4n) is 3.88. The molecule has 6 heteroatoms. The monoisotopic (exact) mass is 434 g/mol. The Kier molecular flexibility index (Phi) is 6.67. The van der Waals surface area contributed by atoms with Gasteiger partial charge in [-0.2, -0.15) is 0 Å². The Morgan fingerprint density at radius 2 is 1.84 bits per heavy atom. The molecule has 1 aliphatic rings. The Labute approximate surface area is 186 Å². The van der Waals surface area contributed by atoms with Crippen molar-refractivity contribution >= 4 is 34.1 Å². The number of hydrogen-bond acceptors (Lipinski definition) is 5. The van der Waals surface area contributed by atoms with E-state index in [0.717, 1.165) is 36.9 Å². The highest BCUT2D eigenvalue weighted by Gasteiger charge is 2.24. The first-order valence-corrected chi connectivity index (χ1v) is 11.4. The zero-order chi connectivity index (χ0) is 21.6. The molecule has 160 valence electrons. The number of phenolic OH excluding ortho intramolecular Hbond substituents is 1. The first-order valence-electron chi connectivity index (χ1n) is 10.6. The van der Waals surface area contributed by atoms with Crippen molar-refractivity contribution in [2.45, 2.75) is 38.5 Å². The molecule has 1 aliphatic carbocycles. The van der Waals surface area contributed by atoms with Crippen LogP contribution in [0.2, 0.25) is 0 Å². The molecule has 0 aliphatic heterocycles. The molecule has 1 heterocycles. The van der Waals surface area contributed by atoms with Crippen molar-refractivity contribution in [2.24, 2.45) is 4.99 Å². The van der Waals surface area contributed by atoms with Gasteiger partial charge in [0.1, 0.15) is 5.00 Å². The van der Waals surface area contributed by atoms with E-state index in [1.807, 2.05) is 30.3 Å². The van der Waals surface area contributed by atoms with Crippen LogP contribution in [0.1, 0.15) is 52.0 Å². The largest absolute Gasteiger partial charge is 0.504 e. The Hall–Kier alpha value is -3.12. The molecule has 0 saturated carbocycles. The predicted molar refractivity (Wildman–Crippen MR) is 127 cm³/mol. The number of thiophene rings is 1. The number of para-hydroxylation sites is 2. The van der Waals surface area contributed by atoms with Gasteiger partial charge in [0.15, 0.2) is 11.5 Å². The molecule has 0 spiro atoms. The average Bonchev–Trinajstić information content (AvgIpc) is 3.10. The summed E-state index contributed by atoms with van der Waals surface area (Å²) < 4.78 is 5.19. The van der Waals surface area contributed by atoms with Crippen LogP contribution in [0.5, 0.6) is 11.5 Å². The average molecular weight is 435 g/mol. The molecular formula is C25H26N2O3S. The van der Waals surface area contributed by atoms with Crippen LogP contribution in [0, 0.1) is 0 Å². The van der Waals surface area contributed by atoms with Crippen LogP contribution in [0.4, 0.5) is 10.7 Å². The van der Waals surface area contributed by atoms with Gasteiger partial charge in [-0.1, -0.05) is 37.1 Å². The summed E-state index contributed by atoms with van der Waals surface area (Å²) in [4.78, 5) is 19.2. The van der Waals surface area contributed by atoms with E-state index in [1.165, 1.54) is 24.8 Å². The van der Waals surface area contributed by atoms with Gasteiger partial charge in [-0.15, -0.1) is 11.3 Å². The molecule has 0 saturated heterocycles. The molecule has 0 fully saturated rings. The summed E-state index contributed by atoms with van der Waals surface area (Å²) in [5.41, 5.74) is 3.10. The number of ether oxygens (including phenoxy) is 1. The van der Waals surface area contributed by atoms with Crippen molar-refractivity contribution in [3.8, 4) is 11.5 Å². The number of aryl methyl sites for hydroxylation is 1. The predicted octanol–water partition coefficient (Wildman–Crippen LogP) is 6.12. The molecule has 0 bridgehead atoms. The SMILES string of the molecule is COc1cccc(C=Nc2sc3c(c2C(=O)Nc2ccccc2)CCCCCC3)c1O. The van der Waals surface area contributed by atoms with E-state index in [4.69, 9.17) is 4.74 Å². The lowest BCUT2D eigenvalue weighted by molar-refractivity contribution is 0.102. The van der Waals surface area contributed by atoms with Crippen LogP contribution in [0.3, 0.4) is 0 Å². The molecule has 4 rings (SSSR count). The number of benzene rings is 2. The van der Waals surface area contributed by atoms with Crippen molar-refractivity contribution in [3.05, 3.63) is 70.1 Å². The highest BCUT2D eigenvalue weighted by molar-refractivity contribution is 7.16. The molecule has 3 aromatic rings. The molecule has 1 amide bonds. The second kappa shape index (κ2) is 9.79. The molecule has 2 N–H and O–H groups in total. The van der Waals surface area contributed by atoms with Crippen LogP contribution in [0.15, 0.2) is 53.5 Å². The first-order chi connectivity index (χ1) is 15.2. The van der Waals surface area contributed by atoms with Gasteiger partial charge in [-0.25, -0.2) is 4.99 Å². The summed E-state index contributed by atoms with van der Waals surface area (Å²) >= 11 is 1.59. The lowest BCUT2D eigenvalue weighted by atomic mass is 9.96. The van der Waals surface area contributed by atoms with Crippen LogP contribution in [0.25, 0.3) is 0 Å². The summed E-state index contributed by atoms with van der Waals surface area (Å²) in [7, 11) is 1.52. The third-order valence-electron chi connectivity index (χ3n) is 5.48. The Morgan fingerprint density at radius 3 is 2.61 bits per heavy atom. The third-order valence-corrected chi connectivity index (χ3v) is 6.68. The van der Waals surface area contributed by atoms with Gasteiger partial charge in [0, 0.05) is 22.3 Å². The second-order valence-corrected chi connectivity index (χ2v) is 8.66. The molecule has 2 aromatic carbocycles. The summed E-state index contributed by atoms with van der Waals surface area (Å²) in [6, 6.07) is 14.8. The fraction of sp³-hybridized carbons (Fsp3) is 0.280. The van der Waals surface area contributed by atoms with E-state index in [9.17, 15) is 9.90 Å². The van der Waals surface area contributed by atoms with E-state index in [-0.39, 0.29) is 11.7 Å². The van der Waals surface area contributed by atoms with E-state index < -0.39 is 0 Å². The highest BCUT2D eigenvalue weighted by Crippen LogP contribution is 2.39. The lowest BCUT2D eigenvalue weighted by Crippen LogP contribution is -2.14. The molecule has 31 heavy (non-hydrogen) atoms. The standard InChI is InChI=1S/C25H26N2O3S/c1-30-20-14-9-10-17(23(20)28)16-26-25-22(24(29)27-18-11-5-4-6-12-18)19-13-7-2-3-8-15-21(19)31-25/h4-6,9-12,14,16,28H,2-3,7-8,13,15H2,1H3,(H,27,29). The number of hydrogen-bond donors (Lipinski definition) is 2. The maximum atomic E-state index is 13.3. The highest BCUT2D eigenvalue weighted by atomic mass is 32.1. The van der Waals surface area contributed by atoms with Gasteiger partial charge in [0.2, 0.25) is 0 Å². The van der Waals surface area contributed by atoms with Crippen molar-refractivity contribution in [2.75, 3.05) is 12.4 Å². The van der Waals surface area contributed by atoms with Gasteiger partial charge in [-0.3, -0.25) is 4.79 Å². The number of nitrogens with zero attached hydrogens (tertiary/aromatic N) is 1. The maximum Gasteiger partial charge on any atom is 0.259 e. The number of anilines is 1. The molecule has 0 radical (unpaired) electrons. The minimum absolute atomic E-state index is 0.0407. The van der Waals surface area contributed by atoms with Crippen molar-refractivity contribution in [3.63, 3.8) is 0 Å². The van der Waals surface area contributed by atoms with Gasteiger partial charge < -0.3 is 15.2 Å². The summed E-state index contributed by atoms with van der Waals surface area (Å²) in [6.45, 7) is 0. The Balaban J connectivity index is 1.72. The maximum absolute atomic E-state index is 13.3. The molecule has 5 nitrogen and oxygen atoms in total. The van der Waals surface area contributed by atoms with E-state index in [1.54, 1.807) is 35.8 Å². The van der Waals surface area contributed by atoms with Crippen LogP contribution >= 0.6 is 11.3 Å². The number of amides is 1. The number of methoxy groups -OCH3 is 1. The third kappa shape index (κ3) is 4.80. The first kappa shape index (κ1) is 21.1. The van der Waals surface area contributed by atoms with Gasteiger partial charge in [-0.05, 0) is 55.5 Å². The number of carbonyl (C=O) groups is 1. The number of carbonyl (C=O) groups excluding carboxylic acids is 1. The van der Waals surface area contributed by atoms with Gasteiger partial charge in [0.05, 0.1) is 12.7 Å². The summed E-state index contributed by atoms with van der Waals surface area (Å²) in [5, 5.41) is 14.1. The Bertz CT molecular complexity index is 1090. The number of rotatable bonds is 5. The zero-order valence-electron chi connectivity index (χ0n) is 17.6. The van der Waals surface area contributed by atoms with Crippen molar-refractivity contribution in [1.82, 2.24) is 0 Å². The lowest BCUT2D eigenvalue weighted by Gasteiger charge is -2.12. The Morgan fingerprint density at radius 1 is 1.06 bits per heavy atom. The normalized spacial score (nSPS) is 14.0. The van der Waals surface area contributed by atoms with Crippen molar-refractivity contribution < 1.29 is 14.6 Å². The summed E-state index contributed by atoms with van der Waals surface area (Å²) in [5.74, 6) is 0.301. The smallest absolute Gasteiger partial charge is 0.259 e. The quantitative estimate of drug-likeness (QED) is 0.475. The van der Waals surface area contributed by atoms with Crippen molar-refractivity contribution in [1.29, 1.82) is 0 Å². The molecule has 1 aromatic heterocycles. The second-order valence-electron chi connectivity index (χ2n) is 7.57. The number of nitrogens with one attached hydrogen (secondary N) is 1. The number of fused-ring (bicyclic) bond motifs is 1. The van der Waals surface area contributed by atoms with Gasteiger partial charge in [0.25, 0.3) is 5.91 Å². The van der Waals surface area contributed by atoms with E-state index in [2.05, 4.69) is 10.3 Å². The zero-order valence-corrected chi connectivity index (χ0v) is 18.4. The number of aromatic hydroxyl groups is 1. The van der Waals surface area contributed by atoms with Crippen LogP contribution in [-0.2, 0) is 12.8 Å². The minimum atomic E-state index is -0.133. The number of phenols is 1. The van der Waals surface area contributed by atoms with Gasteiger partial charge >= 0.3 is 0 Å². The topological polar surface area (TPSA) is 70.9 Å².